The van der Waals surface area contributed by atoms with E-state index < -0.39 is 0 Å². The van der Waals surface area contributed by atoms with Crippen molar-refractivity contribution in [3.63, 3.8) is 0 Å². The Labute approximate surface area is 115 Å². The van der Waals surface area contributed by atoms with Crippen LogP contribution in [0.4, 0.5) is 5.13 Å². The number of ether oxygens (including phenoxy) is 1. The van der Waals surface area contributed by atoms with Gasteiger partial charge in [0, 0.05) is 18.8 Å². The number of fused-ring (bicyclic) bond motifs is 1. The largest absolute Gasteiger partial charge is 0.462 e. The van der Waals surface area contributed by atoms with E-state index in [1.807, 2.05) is 6.07 Å². The number of aromatic nitrogens is 2. The highest BCUT2D eigenvalue weighted by molar-refractivity contribution is 7.22. The van der Waals surface area contributed by atoms with E-state index in [2.05, 4.69) is 21.8 Å². The molecule has 0 amide bonds. The first kappa shape index (κ1) is 12.3. The molecule has 3 rings (SSSR count). The van der Waals surface area contributed by atoms with E-state index >= 15 is 0 Å². The summed E-state index contributed by atoms with van der Waals surface area (Å²) in [5.74, 6) is -0.329. The molecule has 6 heteroatoms. The summed E-state index contributed by atoms with van der Waals surface area (Å²) in [6, 6.07) is 2.36. The summed E-state index contributed by atoms with van der Waals surface area (Å²) in [7, 11) is 0. The quantitative estimate of drug-likeness (QED) is 0.807. The normalized spacial score (nSPS) is 18.4. The maximum Gasteiger partial charge on any atom is 0.339 e. The number of carbonyl (C=O) groups excluding carboxylic acids is 1. The lowest BCUT2D eigenvalue weighted by atomic mass is 10.1. The average molecular weight is 277 g/mol. The summed E-state index contributed by atoms with van der Waals surface area (Å²) in [6.45, 7) is 5.40. The molecule has 100 valence electrons. The van der Waals surface area contributed by atoms with Gasteiger partial charge in [0.1, 0.15) is 0 Å². The van der Waals surface area contributed by atoms with E-state index in [-0.39, 0.29) is 5.97 Å². The molecule has 1 aliphatic rings. The molecule has 1 fully saturated rings. The third-order valence-electron chi connectivity index (χ3n) is 3.31. The van der Waals surface area contributed by atoms with Crippen molar-refractivity contribution < 1.29 is 9.53 Å². The summed E-state index contributed by atoms with van der Waals surface area (Å²) in [4.78, 5) is 22.7. The van der Waals surface area contributed by atoms with Crippen molar-refractivity contribution in [1.82, 2.24) is 9.97 Å². The Bertz CT molecular complexity index is 625. The van der Waals surface area contributed by atoms with Gasteiger partial charge in [-0.2, -0.15) is 4.98 Å². The van der Waals surface area contributed by atoms with Gasteiger partial charge in [-0.3, -0.25) is 0 Å². The number of hydrogen-bond acceptors (Lipinski definition) is 6. The Morgan fingerprint density at radius 1 is 1.63 bits per heavy atom. The number of nitrogens with zero attached hydrogens (tertiary/aromatic N) is 3. The molecular formula is C13H15N3O2S. The summed E-state index contributed by atoms with van der Waals surface area (Å²) < 4.78 is 5.91. The van der Waals surface area contributed by atoms with Gasteiger partial charge >= 0.3 is 5.97 Å². The molecular weight excluding hydrogens is 262 g/mol. The van der Waals surface area contributed by atoms with Crippen LogP contribution in [0, 0.1) is 0 Å². The monoisotopic (exact) mass is 277 g/mol. The van der Waals surface area contributed by atoms with Crippen LogP contribution in [0.25, 0.3) is 10.3 Å². The zero-order valence-electron chi connectivity index (χ0n) is 10.9. The van der Waals surface area contributed by atoms with Crippen molar-refractivity contribution in [3.8, 4) is 0 Å². The van der Waals surface area contributed by atoms with Crippen LogP contribution in [0.1, 0.15) is 30.6 Å². The molecule has 0 aromatic carbocycles. The third-order valence-corrected chi connectivity index (χ3v) is 4.34. The van der Waals surface area contributed by atoms with E-state index in [4.69, 9.17) is 4.74 Å². The second-order valence-corrected chi connectivity index (χ2v) is 5.60. The van der Waals surface area contributed by atoms with Crippen LogP contribution >= 0.6 is 11.3 Å². The second kappa shape index (κ2) is 4.77. The van der Waals surface area contributed by atoms with E-state index in [9.17, 15) is 4.79 Å². The minimum absolute atomic E-state index is 0.329. The molecule has 1 saturated heterocycles. The lowest BCUT2D eigenvalue weighted by Crippen LogP contribution is -2.45. The van der Waals surface area contributed by atoms with Gasteiger partial charge in [0.2, 0.25) is 0 Å². The Morgan fingerprint density at radius 2 is 2.47 bits per heavy atom. The number of pyridine rings is 1. The number of rotatable bonds is 3. The van der Waals surface area contributed by atoms with Crippen LogP contribution in [0.5, 0.6) is 0 Å². The molecule has 1 aliphatic heterocycles. The summed E-state index contributed by atoms with van der Waals surface area (Å²) in [6.07, 6.45) is 2.74. The number of anilines is 1. The molecule has 5 nitrogen and oxygen atoms in total. The SMILES string of the molecule is CCOC(=O)c1cnc2nc(N3CC[C@@H]3C)sc2c1. The molecule has 1 atom stereocenters. The van der Waals surface area contributed by atoms with Crippen molar-refractivity contribution in [3.05, 3.63) is 17.8 Å². The summed E-state index contributed by atoms with van der Waals surface area (Å²) >= 11 is 1.58. The molecule has 0 N–H and O–H groups in total. The van der Waals surface area contributed by atoms with Crippen LogP contribution in [0.15, 0.2) is 12.3 Å². The number of esters is 1. The van der Waals surface area contributed by atoms with Crippen molar-refractivity contribution in [2.45, 2.75) is 26.3 Å². The van der Waals surface area contributed by atoms with E-state index in [1.165, 1.54) is 12.6 Å². The topological polar surface area (TPSA) is 55.3 Å². The highest BCUT2D eigenvalue weighted by Gasteiger charge is 2.26. The van der Waals surface area contributed by atoms with Crippen molar-refractivity contribution >= 4 is 32.8 Å². The standard InChI is InChI=1S/C13H15N3O2S/c1-3-18-12(17)9-6-10-11(14-7-9)15-13(19-10)16-5-4-8(16)2/h6-8H,3-5H2,1-2H3/t8-/m0/s1. The number of carbonyl (C=O) groups is 1. The highest BCUT2D eigenvalue weighted by Crippen LogP contribution is 2.33. The van der Waals surface area contributed by atoms with E-state index in [1.54, 1.807) is 18.3 Å². The first-order valence-corrected chi connectivity index (χ1v) is 7.21. The molecule has 3 heterocycles. The second-order valence-electron chi connectivity index (χ2n) is 4.59. The average Bonchev–Trinajstić information content (AvgIpc) is 2.78. The van der Waals surface area contributed by atoms with Crippen LogP contribution in [0.3, 0.4) is 0 Å². The van der Waals surface area contributed by atoms with Crippen molar-refractivity contribution in [1.29, 1.82) is 0 Å². The first-order chi connectivity index (χ1) is 9.19. The smallest absolute Gasteiger partial charge is 0.339 e. The zero-order chi connectivity index (χ0) is 13.4. The Morgan fingerprint density at radius 3 is 3.11 bits per heavy atom. The van der Waals surface area contributed by atoms with Gasteiger partial charge < -0.3 is 9.64 Å². The molecule has 0 aliphatic carbocycles. The van der Waals surface area contributed by atoms with Gasteiger partial charge in [-0.1, -0.05) is 11.3 Å². The number of thiazole rings is 1. The van der Waals surface area contributed by atoms with Gasteiger partial charge in [-0.15, -0.1) is 0 Å². The maximum atomic E-state index is 11.7. The van der Waals surface area contributed by atoms with Gasteiger partial charge in [-0.25, -0.2) is 9.78 Å². The van der Waals surface area contributed by atoms with Crippen LogP contribution < -0.4 is 4.90 Å². The number of hydrogen-bond donors (Lipinski definition) is 0. The Hall–Kier alpha value is -1.69. The lowest BCUT2D eigenvalue weighted by molar-refractivity contribution is 0.0526. The minimum Gasteiger partial charge on any atom is -0.462 e. The van der Waals surface area contributed by atoms with Crippen molar-refractivity contribution in [2.24, 2.45) is 0 Å². The summed E-state index contributed by atoms with van der Waals surface area (Å²) in [5, 5.41) is 0.988. The van der Waals surface area contributed by atoms with E-state index in [0.29, 0.717) is 23.9 Å². The molecule has 2 aromatic rings. The van der Waals surface area contributed by atoms with Gasteiger partial charge in [0.25, 0.3) is 0 Å². The fourth-order valence-corrected chi connectivity index (χ4v) is 3.15. The van der Waals surface area contributed by atoms with Gasteiger partial charge in [-0.05, 0) is 26.3 Å². The van der Waals surface area contributed by atoms with Gasteiger partial charge in [0.05, 0.1) is 16.9 Å². The maximum absolute atomic E-state index is 11.7. The van der Waals surface area contributed by atoms with Crippen LogP contribution in [-0.2, 0) is 4.74 Å². The fraction of sp³-hybridized carbons (Fsp3) is 0.462. The summed E-state index contributed by atoms with van der Waals surface area (Å²) in [5.41, 5.74) is 1.19. The predicted octanol–water partition coefficient (Wildman–Crippen LogP) is 2.47. The first-order valence-electron chi connectivity index (χ1n) is 6.39. The van der Waals surface area contributed by atoms with E-state index in [0.717, 1.165) is 16.4 Å². The molecule has 0 spiro atoms. The third kappa shape index (κ3) is 2.16. The van der Waals surface area contributed by atoms with Crippen LogP contribution in [0.2, 0.25) is 0 Å². The zero-order valence-corrected chi connectivity index (χ0v) is 11.7. The minimum atomic E-state index is -0.329. The fourth-order valence-electron chi connectivity index (χ4n) is 2.06. The Kier molecular flexibility index (Phi) is 3.10. The molecule has 2 aromatic heterocycles. The lowest BCUT2D eigenvalue weighted by Gasteiger charge is -2.38. The van der Waals surface area contributed by atoms with Crippen LogP contribution in [-0.4, -0.2) is 35.1 Å². The molecule has 0 bridgehead atoms. The molecule has 0 saturated carbocycles. The Balaban J connectivity index is 1.92. The van der Waals surface area contributed by atoms with Gasteiger partial charge in [0.15, 0.2) is 10.8 Å². The molecule has 19 heavy (non-hydrogen) atoms. The molecule has 0 radical (unpaired) electrons. The molecule has 0 unspecified atom stereocenters. The van der Waals surface area contributed by atoms with Crippen molar-refractivity contribution in [2.75, 3.05) is 18.1 Å². The predicted molar refractivity (Wildman–Crippen MR) is 74.8 cm³/mol. The highest BCUT2D eigenvalue weighted by atomic mass is 32.1.